The molecule has 102 valence electrons. The van der Waals surface area contributed by atoms with Crippen LogP contribution in [-0.2, 0) is 11.2 Å². The largest absolute Gasteiger partial charge is 0.384 e. The highest BCUT2D eigenvalue weighted by Crippen LogP contribution is 2.32. The van der Waals surface area contributed by atoms with Gasteiger partial charge in [0.25, 0.3) is 0 Å². The van der Waals surface area contributed by atoms with Crippen LogP contribution in [0.2, 0.25) is 0 Å². The minimum atomic E-state index is -0.658. The van der Waals surface area contributed by atoms with Crippen LogP contribution in [0.25, 0.3) is 0 Å². The van der Waals surface area contributed by atoms with E-state index in [-0.39, 0.29) is 5.91 Å². The second-order valence-corrected chi connectivity index (χ2v) is 5.41. The summed E-state index contributed by atoms with van der Waals surface area (Å²) in [5.41, 5.74) is 5.70. The van der Waals surface area contributed by atoms with Gasteiger partial charge >= 0.3 is 0 Å². The number of carbonyl (C=O) groups is 1. The van der Waals surface area contributed by atoms with Gasteiger partial charge < -0.3 is 10.4 Å². The lowest BCUT2D eigenvalue weighted by molar-refractivity contribution is -0.115. The number of hydrogen-bond acceptors (Lipinski definition) is 2. The summed E-state index contributed by atoms with van der Waals surface area (Å²) in [6.07, 6.45) is -0.264. The lowest BCUT2D eigenvalue weighted by atomic mass is 9.95. The molecule has 2 aromatic carbocycles. The van der Waals surface area contributed by atoms with Gasteiger partial charge in [0, 0.05) is 5.69 Å². The van der Waals surface area contributed by atoms with Gasteiger partial charge in [-0.3, -0.25) is 4.79 Å². The Hall–Kier alpha value is -2.13. The highest BCUT2D eigenvalue weighted by atomic mass is 16.3. The monoisotopic (exact) mass is 267 g/mol. The molecule has 1 aliphatic heterocycles. The molecule has 2 aromatic rings. The van der Waals surface area contributed by atoms with Gasteiger partial charge in [0.15, 0.2) is 0 Å². The third-order valence-electron chi connectivity index (χ3n) is 3.73. The van der Waals surface area contributed by atoms with Gasteiger partial charge in [0.2, 0.25) is 5.91 Å². The van der Waals surface area contributed by atoms with Crippen molar-refractivity contribution >= 4 is 11.6 Å². The van der Waals surface area contributed by atoms with Crippen LogP contribution in [0.5, 0.6) is 0 Å². The van der Waals surface area contributed by atoms with E-state index in [4.69, 9.17) is 0 Å². The van der Waals surface area contributed by atoms with Crippen LogP contribution in [0, 0.1) is 13.8 Å². The van der Waals surface area contributed by atoms with Crippen molar-refractivity contribution in [1.82, 2.24) is 0 Å². The van der Waals surface area contributed by atoms with E-state index >= 15 is 0 Å². The van der Waals surface area contributed by atoms with Gasteiger partial charge in [-0.15, -0.1) is 0 Å². The quantitative estimate of drug-likeness (QED) is 0.879. The highest BCUT2D eigenvalue weighted by molar-refractivity contribution is 6.00. The average Bonchev–Trinajstić information content (AvgIpc) is 2.79. The normalized spacial score (nSPS) is 14.8. The molecule has 0 aromatic heterocycles. The summed E-state index contributed by atoms with van der Waals surface area (Å²) in [6, 6.07) is 11.7. The van der Waals surface area contributed by atoms with Crippen LogP contribution >= 0.6 is 0 Å². The number of aliphatic hydroxyl groups excluding tert-OH is 1. The third-order valence-corrected chi connectivity index (χ3v) is 3.73. The summed E-state index contributed by atoms with van der Waals surface area (Å²) in [6.45, 7) is 3.96. The number of fused-ring (bicyclic) bond motifs is 1. The van der Waals surface area contributed by atoms with Gasteiger partial charge in [0.1, 0.15) is 6.10 Å². The van der Waals surface area contributed by atoms with Crippen molar-refractivity contribution in [3.8, 4) is 0 Å². The van der Waals surface area contributed by atoms with Crippen molar-refractivity contribution in [1.29, 1.82) is 0 Å². The molecule has 3 nitrogen and oxygen atoms in total. The number of aryl methyl sites for hydroxylation is 2. The number of benzene rings is 2. The topological polar surface area (TPSA) is 49.3 Å². The van der Waals surface area contributed by atoms with Gasteiger partial charge in [-0.2, -0.15) is 0 Å². The molecule has 1 atom stereocenters. The van der Waals surface area contributed by atoms with E-state index in [0.29, 0.717) is 6.42 Å². The molecular formula is C17H17NO2. The summed E-state index contributed by atoms with van der Waals surface area (Å²) in [5.74, 6) is 0.0188. The molecule has 1 unspecified atom stereocenters. The van der Waals surface area contributed by atoms with Crippen molar-refractivity contribution in [2.45, 2.75) is 26.4 Å². The number of hydrogen-bond donors (Lipinski definition) is 2. The Morgan fingerprint density at radius 1 is 1.15 bits per heavy atom. The second-order valence-electron chi connectivity index (χ2n) is 5.41. The van der Waals surface area contributed by atoms with E-state index in [1.54, 1.807) is 0 Å². The zero-order chi connectivity index (χ0) is 14.3. The zero-order valence-corrected chi connectivity index (χ0v) is 11.6. The van der Waals surface area contributed by atoms with E-state index in [2.05, 4.69) is 5.32 Å². The summed E-state index contributed by atoms with van der Waals surface area (Å²) < 4.78 is 0. The molecule has 1 aliphatic rings. The smallest absolute Gasteiger partial charge is 0.228 e. The van der Waals surface area contributed by atoms with Crippen LogP contribution in [0.3, 0.4) is 0 Å². The standard InChI is InChI=1S/C17H17NO2/c1-10-4-3-5-12(6-10)17(20)14-7-11(2)16-13(8-14)9-15(19)18-16/h3-8,17,20H,9H2,1-2H3,(H,18,19). The fraction of sp³-hybridized carbons (Fsp3) is 0.235. The predicted molar refractivity (Wildman–Crippen MR) is 78.8 cm³/mol. The van der Waals surface area contributed by atoms with Crippen molar-refractivity contribution in [2.75, 3.05) is 5.32 Å². The average molecular weight is 267 g/mol. The van der Waals surface area contributed by atoms with Crippen molar-refractivity contribution in [3.63, 3.8) is 0 Å². The van der Waals surface area contributed by atoms with Crippen molar-refractivity contribution < 1.29 is 9.90 Å². The number of aliphatic hydroxyl groups is 1. The van der Waals surface area contributed by atoms with Crippen molar-refractivity contribution in [3.05, 3.63) is 64.2 Å². The van der Waals surface area contributed by atoms with Crippen LogP contribution in [0.4, 0.5) is 5.69 Å². The molecule has 0 aliphatic carbocycles. The molecule has 0 fully saturated rings. The first-order valence-electron chi connectivity index (χ1n) is 6.72. The lowest BCUT2D eigenvalue weighted by Gasteiger charge is -2.15. The Morgan fingerprint density at radius 3 is 2.70 bits per heavy atom. The molecule has 3 heteroatoms. The summed E-state index contributed by atoms with van der Waals surface area (Å²) >= 11 is 0. The first-order chi connectivity index (χ1) is 9.54. The van der Waals surface area contributed by atoms with E-state index in [0.717, 1.165) is 33.5 Å². The van der Waals surface area contributed by atoms with Crippen LogP contribution in [0.15, 0.2) is 36.4 Å². The van der Waals surface area contributed by atoms with Crippen LogP contribution in [0.1, 0.15) is 33.9 Å². The van der Waals surface area contributed by atoms with Crippen LogP contribution in [-0.4, -0.2) is 11.0 Å². The molecule has 20 heavy (non-hydrogen) atoms. The first-order valence-corrected chi connectivity index (χ1v) is 6.72. The van der Waals surface area contributed by atoms with Crippen LogP contribution < -0.4 is 5.32 Å². The first kappa shape index (κ1) is 12.9. The van der Waals surface area contributed by atoms with Gasteiger partial charge in [0.05, 0.1) is 6.42 Å². The number of rotatable bonds is 2. The SMILES string of the molecule is Cc1cccc(C(O)c2cc(C)c3c(c2)CC(=O)N3)c1. The number of carbonyl (C=O) groups excluding carboxylic acids is 1. The van der Waals surface area contributed by atoms with Gasteiger partial charge in [-0.05, 0) is 36.1 Å². The molecule has 1 heterocycles. The molecular weight excluding hydrogens is 250 g/mol. The molecule has 0 saturated carbocycles. The highest BCUT2D eigenvalue weighted by Gasteiger charge is 2.22. The molecule has 2 N–H and O–H groups in total. The third kappa shape index (κ3) is 2.21. The fourth-order valence-electron chi connectivity index (χ4n) is 2.76. The minimum Gasteiger partial charge on any atom is -0.384 e. The maximum absolute atomic E-state index is 11.5. The number of nitrogens with one attached hydrogen (secondary N) is 1. The van der Waals surface area contributed by atoms with E-state index < -0.39 is 6.10 Å². The summed E-state index contributed by atoms with van der Waals surface area (Å²) in [4.78, 5) is 11.5. The lowest BCUT2D eigenvalue weighted by Crippen LogP contribution is -2.04. The number of amides is 1. The van der Waals surface area contributed by atoms with Crippen molar-refractivity contribution in [2.24, 2.45) is 0 Å². The second kappa shape index (κ2) is 4.76. The molecule has 0 saturated heterocycles. The summed E-state index contributed by atoms with van der Waals surface area (Å²) in [5, 5.41) is 13.4. The maximum atomic E-state index is 11.5. The predicted octanol–water partition coefficient (Wildman–Crippen LogP) is 2.88. The molecule has 0 radical (unpaired) electrons. The molecule has 3 rings (SSSR count). The Kier molecular flexibility index (Phi) is 3.07. The Labute approximate surface area is 118 Å². The Morgan fingerprint density at radius 2 is 1.95 bits per heavy atom. The Bertz CT molecular complexity index is 691. The van der Waals surface area contributed by atoms with E-state index in [1.165, 1.54) is 0 Å². The molecule has 0 spiro atoms. The van der Waals surface area contributed by atoms with Gasteiger partial charge in [-0.1, -0.05) is 42.0 Å². The molecule has 1 amide bonds. The zero-order valence-electron chi connectivity index (χ0n) is 11.6. The Balaban J connectivity index is 2.01. The minimum absolute atomic E-state index is 0.0188. The summed E-state index contributed by atoms with van der Waals surface area (Å²) in [7, 11) is 0. The van der Waals surface area contributed by atoms with E-state index in [1.807, 2.05) is 50.2 Å². The fourth-order valence-corrected chi connectivity index (χ4v) is 2.76. The maximum Gasteiger partial charge on any atom is 0.228 e. The number of anilines is 1. The van der Waals surface area contributed by atoms with E-state index in [9.17, 15) is 9.90 Å². The molecule has 0 bridgehead atoms. The van der Waals surface area contributed by atoms with Gasteiger partial charge in [-0.25, -0.2) is 0 Å².